The van der Waals surface area contributed by atoms with Gasteiger partial charge in [0, 0.05) is 6.04 Å². The molecule has 0 aromatic heterocycles. The Bertz CT molecular complexity index is 338. The Morgan fingerprint density at radius 1 is 1.33 bits per heavy atom. The number of hydrogen-bond donors (Lipinski definition) is 2. The first-order valence-electron chi connectivity index (χ1n) is 5.13. The zero-order valence-corrected chi connectivity index (χ0v) is 9.37. The molecule has 0 aliphatic heterocycles. The summed E-state index contributed by atoms with van der Waals surface area (Å²) in [5.74, 6) is -0.187. The molecule has 1 rings (SSSR count). The molecule has 0 saturated carbocycles. The highest BCUT2D eigenvalue weighted by molar-refractivity contribution is 5.29. The fourth-order valence-corrected chi connectivity index (χ4v) is 1.50. The molecule has 15 heavy (non-hydrogen) atoms. The van der Waals surface area contributed by atoms with E-state index < -0.39 is 6.10 Å². The molecule has 2 unspecified atom stereocenters. The van der Waals surface area contributed by atoms with Gasteiger partial charge in [-0.3, -0.25) is 0 Å². The van der Waals surface area contributed by atoms with E-state index in [0.29, 0.717) is 5.56 Å². The lowest BCUT2D eigenvalue weighted by atomic mass is 9.92. The minimum atomic E-state index is -0.805. The first kappa shape index (κ1) is 12.1. The number of halogens is 1. The van der Waals surface area contributed by atoms with Gasteiger partial charge in [-0.1, -0.05) is 19.9 Å². The van der Waals surface area contributed by atoms with Crippen LogP contribution in [0, 0.1) is 18.7 Å². The van der Waals surface area contributed by atoms with E-state index in [4.69, 9.17) is 5.73 Å². The van der Waals surface area contributed by atoms with Gasteiger partial charge in [0.2, 0.25) is 0 Å². The molecular weight excluding hydrogens is 193 g/mol. The lowest BCUT2D eigenvalue weighted by molar-refractivity contribution is 0.125. The fourth-order valence-electron chi connectivity index (χ4n) is 1.50. The van der Waals surface area contributed by atoms with Crippen molar-refractivity contribution in [3.05, 3.63) is 35.1 Å². The van der Waals surface area contributed by atoms with Crippen LogP contribution in [0.3, 0.4) is 0 Å². The molecule has 0 fully saturated rings. The SMILES string of the molecule is Cc1ccc(F)cc1C(O)C(N)C(C)C. The summed E-state index contributed by atoms with van der Waals surface area (Å²) in [7, 11) is 0. The van der Waals surface area contributed by atoms with Crippen LogP contribution in [0.15, 0.2) is 18.2 Å². The van der Waals surface area contributed by atoms with E-state index in [-0.39, 0.29) is 17.8 Å². The lowest BCUT2D eigenvalue weighted by Crippen LogP contribution is -2.33. The molecule has 0 heterocycles. The topological polar surface area (TPSA) is 46.2 Å². The Morgan fingerprint density at radius 2 is 1.93 bits per heavy atom. The van der Waals surface area contributed by atoms with Gasteiger partial charge >= 0.3 is 0 Å². The van der Waals surface area contributed by atoms with Gasteiger partial charge < -0.3 is 10.8 Å². The van der Waals surface area contributed by atoms with Crippen LogP contribution in [0.25, 0.3) is 0 Å². The average molecular weight is 211 g/mol. The molecule has 0 saturated heterocycles. The van der Waals surface area contributed by atoms with E-state index in [1.54, 1.807) is 6.07 Å². The zero-order chi connectivity index (χ0) is 11.6. The van der Waals surface area contributed by atoms with Crippen molar-refractivity contribution >= 4 is 0 Å². The number of hydrogen-bond acceptors (Lipinski definition) is 2. The number of aliphatic hydroxyl groups excluding tert-OH is 1. The number of aryl methyl sites for hydroxylation is 1. The smallest absolute Gasteiger partial charge is 0.123 e. The summed E-state index contributed by atoms with van der Waals surface area (Å²) >= 11 is 0. The van der Waals surface area contributed by atoms with Crippen molar-refractivity contribution in [2.45, 2.75) is 32.9 Å². The highest BCUT2D eigenvalue weighted by Gasteiger charge is 2.21. The van der Waals surface area contributed by atoms with Crippen molar-refractivity contribution in [1.82, 2.24) is 0 Å². The Hall–Kier alpha value is -0.930. The van der Waals surface area contributed by atoms with E-state index in [2.05, 4.69) is 0 Å². The van der Waals surface area contributed by atoms with Crippen LogP contribution in [-0.2, 0) is 0 Å². The summed E-state index contributed by atoms with van der Waals surface area (Å²) in [6.45, 7) is 5.70. The van der Waals surface area contributed by atoms with Gasteiger partial charge in [-0.25, -0.2) is 4.39 Å². The van der Waals surface area contributed by atoms with E-state index in [9.17, 15) is 9.50 Å². The molecule has 2 atom stereocenters. The largest absolute Gasteiger partial charge is 0.387 e. The van der Waals surface area contributed by atoms with Crippen LogP contribution in [0.2, 0.25) is 0 Å². The molecule has 0 aliphatic carbocycles. The summed E-state index contributed by atoms with van der Waals surface area (Å²) in [6.07, 6.45) is -0.805. The molecule has 3 heteroatoms. The molecule has 1 aromatic rings. The van der Waals surface area contributed by atoms with E-state index >= 15 is 0 Å². The zero-order valence-electron chi connectivity index (χ0n) is 9.37. The van der Waals surface area contributed by atoms with Gasteiger partial charge in [0.25, 0.3) is 0 Å². The highest BCUT2D eigenvalue weighted by Crippen LogP contribution is 2.23. The third-order valence-corrected chi connectivity index (χ3v) is 2.69. The second-order valence-corrected chi connectivity index (χ2v) is 4.27. The standard InChI is InChI=1S/C12H18FNO/c1-7(2)11(14)12(15)10-6-9(13)5-4-8(10)3/h4-7,11-12,15H,14H2,1-3H3. The van der Waals surface area contributed by atoms with Gasteiger partial charge in [0.15, 0.2) is 0 Å². The predicted molar refractivity (Wildman–Crippen MR) is 58.9 cm³/mol. The molecular formula is C12H18FNO. The number of aliphatic hydroxyl groups is 1. The number of rotatable bonds is 3. The first-order valence-corrected chi connectivity index (χ1v) is 5.13. The summed E-state index contributed by atoms with van der Waals surface area (Å²) in [5.41, 5.74) is 7.28. The molecule has 0 aliphatic rings. The van der Waals surface area contributed by atoms with Crippen LogP contribution >= 0.6 is 0 Å². The minimum Gasteiger partial charge on any atom is -0.387 e. The average Bonchev–Trinajstić information content (AvgIpc) is 2.19. The Labute approximate surface area is 89.9 Å². The Balaban J connectivity index is 2.99. The molecule has 3 N–H and O–H groups in total. The van der Waals surface area contributed by atoms with Crippen LogP contribution in [0.4, 0.5) is 4.39 Å². The Morgan fingerprint density at radius 3 is 2.47 bits per heavy atom. The molecule has 2 nitrogen and oxygen atoms in total. The predicted octanol–water partition coefficient (Wildman–Crippen LogP) is 2.15. The van der Waals surface area contributed by atoms with Crippen molar-refractivity contribution < 1.29 is 9.50 Å². The van der Waals surface area contributed by atoms with Crippen LogP contribution < -0.4 is 5.73 Å². The van der Waals surface area contributed by atoms with Crippen molar-refractivity contribution in [2.24, 2.45) is 11.7 Å². The molecule has 0 bridgehead atoms. The maximum Gasteiger partial charge on any atom is 0.123 e. The van der Waals surface area contributed by atoms with Gasteiger partial charge in [0.05, 0.1) is 6.10 Å². The molecule has 84 valence electrons. The normalized spacial score (nSPS) is 15.4. The van der Waals surface area contributed by atoms with Gasteiger partial charge in [-0.15, -0.1) is 0 Å². The molecule has 0 amide bonds. The van der Waals surface area contributed by atoms with Crippen molar-refractivity contribution in [1.29, 1.82) is 0 Å². The second-order valence-electron chi connectivity index (χ2n) is 4.27. The third-order valence-electron chi connectivity index (χ3n) is 2.69. The molecule has 0 spiro atoms. The van der Waals surface area contributed by atoms with E-state index in [1.165, 1.54) is 12.1 Å². The van der Waals surface area contributed by atoms with Crippen molar-refractivity contribution in [2.75, 3.05) is 0 Å². The third kappa shape index (κ3) is 2.76. The van der Waals surface area contributed by atoms with Crippen molar-refractivity contribution in [3.8, 4) is 0 Å². The van der Waals surface area contributed by atoms with Gasteiger partial charge in [-0.05, 0) is 36.1 Å². The molecule has 0 radical (unpaired) electrons. The van der Waals surface area contributed by atoms with Gasteiger partial charge in [-0.2, -0.15) is 0 Å². The monoisotopic (exact) mass is 211 g/mol. The highest BCUT2D eigenvalue weighted by atomic mass is 19.1. The minimum absolute atomic E-state index is 0.155. The lowest BCUT2D eigenvalue weighted by Gasteiger charge is -2.23. The summed E-state index contributed by atoms with van der Waals surface area (Å²) < 4.78 is 13.0. The quantitative estimate of drug-likeness (QED) is 0.804. The number of benzene rings is 1. The summed E-state index contributed by atoms with van der Waals surface area (Å²) in [4.78, 5) is 0. The summed E-state index contributed by atoms with van der Waals surface area (Å²) in [5, 5.41) is 9.97. The Kier molecular flexibility index (Phi) is 3.83. The maximum absolute atomic E-state index is 13.0. The van der Waals surface area contributed by atoms with Crippen LogP contribution in [0.1, 0.15) is 31.1 Å². The second kappa shape index (κ2) is 4.73. The number of nitrogens with two attached hydrogens (primary N) is 1. The fraction of sp³-hybridized carbons (Fsp3) is 0.500. The molecule has 1 aromatic carbocycles. The van der Waals surface area contributed by atoms with E-state index in [1.807, 2.05) is 20.8 Å². The summed E-state index contributed by atoms with van der Waals surface area (Å²) in [6, 6.07) is 4.01. The van der Waals surface area contributed by atoms with Crippen LogP contribution in [-0.4, -0.2) is 11.1 Å². The van der Waals surface area contributed by atoms with Crippen LogP contribution in [0.5, 0.6) is 0 Å². The van der Waals surface area contributed by atoms with Crippen molar-refractivity contribution in [3.63, 3.8) is 0 Å². The van der Waals surface area contributed by atoms with Gasteiger partial charge in [0.1, 0.15) is 5.82 Å². The first-order chi connectivity index (χ1) is 6.93. The van der Waals surface area contributed by atoms with E-state index in [0.717, 1.165) is 5.56 Å². The maximum atomic E-state index is 13.0.